The molecule has 2 heterocycles. The predicted octanol–water partition coefficient (Wildman–Crippen LogP) is 4.77. The van der Waals surface area contributed by atoms with Crippen LogP contribution in [0.4, 0.5) is 8.78 Å². The Labute approximate surface area is 182 Å². The van der Waals surface area contributed by atoms with E-state index in [9.17, 15) is 18.4 Å². The molecule has 7 nitrogen and oxygen atoms in total. The minimum Gasteiger partial charge on any atom is -0.489 e. The van der Waals surface area contributed by atoms with E-state index in [0.29, 0.717) is 29.0 Å². The van der Waals surface area contributed by atoms with E-state index in [-0.39, 0.29) is 29.9 Å². The monoisotopic (exact) mass is 442 g/mol. The molecule has 32 heavy (non-hydrogen) atoms. The number of hydrogen-bond donors (Lipinski definition) is 0. The molecule has 9 heteroatoms. The summed E-state index contributed by atoms with van der Waals surface area (Å²) in [6.07, 6.45) is 1.34. The van der Waals surface area contributed by atoms with Crippen LogP contribution in [0.25, 0.3) is 11.5 Å². The van der Waals surface area contributed by atoms with Gasteiger partial charge in [0.2, 0.25) is 5.89 Å². The Kier molecular flexibility index (Phi) is 5.89. The first kappa shape index (κ1) is 21.5. The largest absolute Gasteiger partial charge is 0.489 e. The highest BCUT2D eigenvalue weighted by molar-refractivity contribution is 6.21. The Morgan fingerprint density at radius 1 is 1.03 bits per heavy atom. The standard InChI is InChI=1S/C23H20F2N2O5/c1-13(2)11-30-19-9-14(7-8-18(19)32-23(24)25)20-26-15(12-31-20)10-27-21(28)16-5-3-4-6-17(16)22(27)29/h3-9,12-13,23H,10-11H2,1-2H3. The summed E-state index contributed by atoms with van der Waals surface area (Å²) in [6.45, 7) is 1.11. The van der Waals surface area contributed by atoms with Crippen LogP contribution in [-0.2, 0) is 6.54 Å². The lowest BCUT2D eigenvalue weighted by Crippen LogP contribution is -2.29. The minimum atomic E-state index is -2.99. The van der Waals surface area contributed by atoms with Crippen LogP contribution < -0.4 is 9.47 Å². The molecular weight excluding hydrogens is 422 g/mol. The quantitative estimate of drug-likeness (QED) is 0.467. The molecular formula is C23H20F2N2O5. The number of oxazole rings is 1. The van der Waals surface area contributed by atoms with E-state index in [1.54, 1.807) is 24.3 Å². The highest BCUT2D eigenvalue weighted by Gasteiger charge is 2.35. The second-order valence-corrected chi connectivity index (χ2v) is 7.63. The lowest BCUT2D eigenvalue weighted by molar-refractivity contribution is -0.0515. The van der Waals surface area contributed by atoms with Gasteiger partial charge in [0.1, 0.15) is 6.26 Å². The molecule has 0 unspecified atom stereocenters. The van der Waals surface area contributed by atoms with Gasteiger partial charge in [0, 0.05) is 5.56 Å². The fourth-order valence-electron chi connectivity index (χ4n) is 3.26. The van der Waals surface area contributed by atoms with E-state index in [4.69, 9.17) is 9.15 Å². The van der Waals surface area contributed by atoms with E-state index in [2.05, 4.69) is 9.72 Å². The number of ether oxygens (including phenoxy) is 2. The molecule has 0 spiro atoms. The molecule has 0 aliphatic carbocycles. The van der Waals surface area contributed by atoms with Crippen LogP contribution in [0.5, 0.6) is 11.5 Å². The number of carbonyl (C=O) groups is 2. The zero-order chi connectivity index (χ0) is 22.8. The van der Waals surface area contributed by atoms with Gasteiger partial charge >= 0.3 is 6.61 Å². The van der Waals surface area contributed by atoms with Crippen LogP contribution in [0.15, 0.2) is 53.1 Å². The van der Waals surface area contributed by atoms with Crippen molar-refractivity contribution in [3.63, 3.8) is 0 Å². The average Bonchev–Trinajstić information content (AvgIpc) is 3.32. The molecule has 0 saturated heterocycles. The van der Waals surface area contributed by atoms with Crippen molar-refractivity contribution in [3.05, 3.63) is 65.5 Å². The lowest BCUT2D eigenvalue weighted by atomic mass is 10.1. The third-order valence-electron chi connectivity index (χ3n) is 4.73. The van der Waals surface area contributed by atoms with Crippen molar-refractivity contribution in [1.82, 2.24) is 9.88 Å². The zero-order valence-electron chi connectivity index (χ0n) is 17.4. The van der Waals surface area contributed by atoms with Gasteiger partial charge in [-0.1, -0.05) is 26.0 Å². The van der Waals surface area contributed by atoms with Gasteiger partial charge in [-0.25, -0.2) is 4.98 Å². The van der Waals surface area contributed by atoms with E-state index in [0.717, 1.165) is 4.90 Å². The summed E-state index contributed by atoms with van der Waals surface area (Å²) in [5, 5.41) is 0. The summed E-state index contributed by atoms with van der Waals surface area (Å²) in [5.41, 5.74) is 1.54. The number of fused-ring (bicyclic) bond motifs is 1. The third-order valence-corrected chi connectivity index (χ3v) is 4.73. The number of aromatic nitrogens is 1. The summed E-state index contributed by atoms with van der Waals surface area (Å²) in [6, 6.07) is 11.0. The lowest BCUT2D eigenvalue weighted by Gasteiger charge is -2.14. The fraction of sp³-hybridized carbons (Fsp3) is 0.261. The van der Waals surface area contributed by atoms with Crippen molar-refractivity contribution in [2.45, 2.75) is 27.0 Å². The number of carbonyl (C=O) groups excluding carboxylic acids is 2. The van der Waals surface area contributed by atoms with Crippen LogP contribution in [0.1, 0.15) is 40.3 Å². The molecule has 1 aromatic heterocycles. The maximum Gasteiger partial charge on any atom is 0.387 e. The highest BCUT2D eigenvalue weighted by atomic mass is 19.3. The molecule has 0 radical (unpaired) electrons. The van der Waals surface area contributed by atoms with Crippen molar-refractivity contribution in [1.29, 1.82) is 0 Å². The van der Waals surface area contributed by atoms with E-state index >= 15 is 0 Å². The number of rotatable bonds is 8. The Morgan fingerprint density at radius 2 is 1.72 bits per heavy atom. The Hall–Kier alpha value is -3.75. The van der Waals surface area contributed by atoms with Crippen molar-refractivity contribution < 1.29 is 32.3 Å². The summed E-state index contributed by atoms with van der Waals surface area (Å²) in [7, 11) is 0. The number of alkyl halides is 2. The number of imide groups is 1. The molecule has 4 rings (SSSR count). The van der Waals surface area contributed by atoms with Gasteiger partial charge in [-0.3, -0.25) is 14.5 Å². The number of nitrogens with zero attached hydrogens (tertiary/aromatic N) is 2. The normalized spacial score (nSPS) is 13.2. The van der Waals surface area contributed by atoms with Gasteiger partial charge in [0.15, 0.2) is 11.5 Å². The summed E-state index contributed by atoms with van der Waals surface area (Å²) < 4.78 is 41.1. The first-order valence-corrected chi connectivity index (χ1v) is 9.95. The molecule has 1 aliphatic rings. The molecule has 0 saturated carbocycles. The Morgan fingerprint density at radius 3 is 2.34 bits per heavy atom. The van der Waals surface area contributed by atoms with Crippen LogP contribution in [0.2, 0.25) is 0 Å². The summed E-state index contributed by atoms with van der Waals surface area (Å²) in [4.78, 5) is 30.5. The average molecular weight is 442 g/mol. The number of amides is 2. The van der Waals surface area contributed by atoms with Crippen molar-refractivity contribution >= 4 is 11.8 Å². The second-order valence-electron chi connectivity index (χ2n) is 7.63. The Bertz CT molecular complexity index is 1120. The molecule has 166 valence electrons. The van der Waals surface area contributed by atoms with Gasteiger partial charge in [-0.05, 0) is 36.2 Å². The number of hydrogen-bond acceptors (Lipinski definition) is 6. The topological polar surface area (TPSA) is 81.9 Å². The predicted molar refractivity (Wildman–Crippen MR) is 110 cm³/mol. The first-order valence-electron chi connectivity index (χ1n) is 9.95. The van der Waals surface area contributed by atoms with Crippen LogP contribution in [0.3, 0.4) is 0 Å². The van der Waals surface area contributed by atoms with Gasteiger partial charge in [0.25, 0.3) is 11.8 Å². The van der Waals surface area contributed by atoms with E-state index in [1.165, 1.54) is 24.5 Å². The van der Waals surface area contributed by atoms with E-state index < -0.39 is 18.4 Å². The van der Waals surface area contributed by atoms with Crippen LogP contribution in [0, 0.1) is 5.92 Å². The molecule has 0 bridgehead atoms. The fourth-order valence-corrected chi connectivity index (χ4v) is 3.26. The molecule has 3 aromatic rings. The smallest absolute Gasteiger partial charge is 0.387 e. The molecule has 0 fully saturated rings. The summed E-state index contributed by atoms with van der Waals surface area (Å²) in [5.74, 6) is -0.388. The molecule has 2 aromatic carbocycles. The minimum absolute atomic E-state index is 0.0564. The number of halogens is 2. The van der Waals surface area contributed by atoms with Crippen molar-refractivity contribution in [2.24, 2.45) is 5.92 Å². The second kappa shape index (κ2) is 8.78. The maximum atomic E-state index is 12.7. The third kappa shape index (κ3) is 4.32. The van der Waals surface area contributed by atoms with E-state index in [1.807, 2.05) is 13.8 Å². The van der Waals surface area contributed by atoms with Gasteiger partial charge in [0.05, 0.1) is 30.0 Å². The maximum absolute atomic E-state index is 12.7. The van der Waals surface area contributed by atoms with Crippen molar-refractivity contribution in [3.8, 4) is 23.0 Å². The van der Waals surface area contributed by atoms with Gasteiger partial charge < -0.3 is 13.9 Å². The molecule has 0 atom stereocenters. The number of benzene rings is 2. The van der Waals surface area contributed by atoms with Crippen LogP contribution >= 0.6 is 0 Å². The van der Waals surface area contributed by atoms with Gasteiger partial charge in [-0.15, -0.1) is 0 Å². The molecule has 2 amide bonds. The van der Waals surface area contributed by atoms with Crippen LogP contribution in [-0.4, -0.2) is 34.9 Å². The Balaban J connectivity index is 1.55. The zero-order valence-corrected chi connectivity index (χ0v) is 17.4. The highest BCUT2D eigenvalue weighted by Crippen LogP contribution is 2.34. The summed E-state index contributed by atoms with van der Waals surface area (Å²) >= 11 is 0. The molecule has 0 N–H and O–H groups in total. The SMILES string of the molecule is CC(C)COc1cc(-c2nc(CN3C(=O)c4ccccc4C3=O)co2)ccc1OC(F)F. The van der Waals surface area contributed by atoms with Gasteiger partial charge in [-0.2, -0.15) is 8.78 Å². The van der Waals surface area contributed by atoms with Crippen molar-refractivity contribution in [2.75, 3.05) is 6.61 Å². The first-order chi connectivity index (χ1) is 15.3. The molecule has 1 aliphatic heterocycles.